The number of nitrogens with two attached hydrogens (primary N) is 1. The summed E-state index contributed by atoms with van der Waals surface area (Å²) in [6, 6.07) is 8.34. The molecule has 0 bridgehead atoms. The molecule has 17 heavy (non-hydrogen) atoms. The SMILES string of the molecule is CCC(N)C(OCCOC)c1cccc(C)c1. The van der Waals surface area contributed by atoms with E-state index in [9.17, 15) is 0 Å². The van der Waals surface area contributed by atoms with Gasteiger partial charge < -0.3 is 15.2 Å². The highest BCUT2D eigenvalue weighted by molar-refractivity contribution is 5.25. The molecule has 0 radical (unpaired) electrons. The van der Waals surface area contributed by atoms with E-state index in [0.717, 1.165) is 12.0 Å². The first-order valence-corrected chi connectivity index (χ1v) is 6.11. The van der Waals surface area contributed by atoms with Crippen molar-refractivity contribution in [1.29, 1.82) is 0 Å². The molecule has 1 aromatic carbocycles. The minimum Gasteiger partial charge on any atom is -0.382 e. The molecule has 0 saturated carbocycles. The fraction of sp³-hybridized carbons (Fsp3) is 0.571. The predicted octanol–water partition coefficient (Wildman–Crippen LogP) is 2.44. The topological polar surface area (TPSA) is 44.5 Å². The van der Waals surface area contributed by atoms with Crippen LogP contribution in [0.5, 0.6) is 0 Å². The minimum atomic E-state index is -0.0463. The van der Waals surface area contributed by atoms with Crippen LogP contribution in [0.25, 0.3) is 0 Å². The summed E-state index contributed by atoms with van der Waals surface area (Å²) >= 11 is 0. The lowest BCUT2D eigenvalue weighted by Gasteiger charge is -2.24. The first kappa shape index (κ1) is 14.2. The summed E-state index contributed by atoms with van der Waals surface area (Å²) in [5.41, 5.74) is 8.49. The smallest absolute Gasteiger partial charge is 0.0976 e. The van der Waals surface area contributed by atoms with E-state index in [2.05, 4.69) is 32.0 Å². The second-order valence-corrected chi connectivity index (χ2v) is 4.27. The van der Waals surface area contributed by atoms with Crippen LogP contribution >= 0.6 is 0 Å². The van der Waals surface area contributed by atoms with Crippen molar-refractivity contribution in [2.75, 3.05) is 20.3 Å². The quantitative estimate of drug-likeness (QED) is 0.741. The van der Waals surface area contributed by atoms with Crippen molar-refractivity contribution in [2.24, 2.45) is 5.73 Å². The third-order valence-electron chi connectivity index (χ3n) is 2.82. The van der Waals surface area contributed by atoms with Crippen LogP contribution in [0.15, 0.2) is 24.3 Å². The van der Waals surface area contributed by atoms with Crippen LogP contribution in [0, 0.1) is 6.92 Å². The van der Waals surface area contributed by atoms with Gasteiger partial charge in [-0.05, 0) is 18.9 Å². The largest absolute Gasteiger partial charge is 0.382 e. The van der Waals surface area contributed by atoms with E-state index >= 15 is 0 Å². The van der Waals surface area contributed by atoms with E-state index in [1.165, 1.54) is 5.56 Å². The molecule has 3 nitrogen and oxygen atoms in total. The number of methoxy groups -OCH3 is 1. The van der Waals surface area contributed by atoms with Crippen molar-refractivity contribution in [1.82, 2.24) is 0 Å². The van der Waals surface area contributed by atoms with Gasteiger partial charge in [0.05, 0.1) is 19.3 Å². The molecule has 0 saturated heterocycles. The van der Waals surface area contributed by atoms with Crippen LogP contribution in [0.3, 0.4) is 0 Å². The van der Waals surface area contributed by atoms with Crippen LogP contribution in [0.1, 0.15) is 30.6 Å². The Kier molecular flexibility index (Phi) is 6.19. The highest BCUT2D eigenvalue weighted by Gasteiger charge is 2.19. The summed E-state index contributed by atoms with van der Waals surface area (Å²) in [6.07, 6.45) is 0.848. The van der Waals surface area contributed by atoms with Crippen molar-refractivity contribution in [3.05, 3.63) is 35.4 Å². The third kappa shape index (κ3) is 4.46. The zero-order chi connectivity index (χ0) is 12.7. The van der Waals surface area contributed by atoms with Crippen LogP contribution in [0.4, 0.5) is 0 Å². The Hall–Kier alpha value is -0.900. The molecule has 0 aromatic heterocycles. The van der Waals surface area contributed by atoms with E-state index in [0.29, 0.717) is 13.2 Å². The maximum Gasteiger partial charge on any atom is 0.0976 e. The molecule has 0 aliphatic rings. The first-order chi connectivity index (χ1) is 8.19. The molecule has 2 N–H and O–H groups in total. The lowest BCUT2D eigenvalue weighted by molar-refractivity contribution is 0.00270. The Bertz CT molecular complexity index is 328. The molecule has 2 atom stereocenters. The Morgan fingerprint density at radius 2 is 2.06 bits per heavy atom. The summed E-state index contributed by atoms with van der Waals surface area (Å²) in [5, 5.41) is 0. The monoisotopic (exact) mass is 237 g/mol. The Balaban J connectivity index is 2.74. The molecular weight excluding hydrogens is 214 g/mol. The lowest BCUT2D eigenvalue weighted by atomic mass is 9.99. The zero-order valence-corrected chi connectivity index (χ0v) is 11.0. The second-order valence-electron chi connectivity index (χ2n) is 4.27. The van der Waals surface area contributed by atoms with Crippen LogP contribution < -0.4 is 5.73 Å². The Morgan fingerprint density at radius 1 is 1.29 bits per heavy atom. The predicted molar refractivity (Wildman–Crippen MR) is 70.0 cm³/mol. The molecule has 0 amide bonds. The fourth-order valence-corrected chi connectivity index (χ4v) is 1.79. The van der Waals surface area contributed by atoms with Gasteiger partial charge in [0.1, 0.15) is 0 Å². The molecule has 0 fully saturated rings. The summed E-state index contributed by atoms with van der Waals surface area (Å²) < 4.78 is 10.8. The molecule has 0 aliphatic heterocycles. The number of benzene rings is 1. The summed E-state index contributed by atoms with van der Waals surface area (Å²) in [7, 11) is 1.67. The van der Waals surface area contributed by atoms with Gasteiger partial charge in [-0.15, -0.1) is 0 Å². The number of ether oxygens (including phenoxy) is 2. The number of rotatable bonds is 7. The van der Waals surface area contributed by atoms with Crippen molar-refractivity contribution in [2.45, 2.75) is 32.4 Å². The van der Waals surface area contributed by atoms with Crippen molar-refractivity contribution < 1.29 is 9.47 Å². The number of hydrogen-bond donors (Lipinski definition) is 1. The molecule has 1 aromatic rings. The van der Waals surface area contributed by atoms with Crippen LogP contribution in [0.2, 0.25) is 0 Å². The Labute approximate surface area is 104 Å². The summed E-state index contributed by atoms with van der Waals surface area (Å²) in [6.45, 7) is 5.32. The molecular formula is C14H23NO2. The van der Waals surface area contributed by atoms with Gasteiger partial charge in [-0.2, -0.15) is 0 Å². The average Bonchev–Trinajstić information content (AvgIpc) is 2.34. The van der Waals surface area contributed by atoms with Gasteiger partial charge in [0, 0.05) is 13.2 Å². The van der Waals surface area contributed by atoms with Gasteiger partial charge in [0.15, 0.2) is 0 Å². The third-order valence-corrected chi connectivity index (χ3v) is 2.82. The molecule has 0 spiro atoms. The number of aryl methyl sites for hydroxylation is 1. The summed E-state index contributed by atoms with van der Waals surface area (Å²) in [4.78, 5) is 0. The second kappa shape index (κ2) is 7.43. The lowest BCUT2D eigenvalue weighted by Crippen LogP contribution is -2.30. The van der Waals surface area contributed by atoms with Gasteiger partial charge in [-0.3, -0.25) is 0 Å². The zero-order valence-electron chi connectivity index (χ0n) is 11.0. The molecule has 3 heteroatoms. The van der Waals surface area contributed by atoms with Gasteiger partial charge in [0.25, 0.3) is 0 Å². The van der Waals surface area contributed by atoms with E-state index < -0.39 is 0 Å². The maximum absolute atomic E-state index is 6.12. The van der Waals surface area contributed by atoms with Crippen LogP contribution in [-0.2, 0) is 9.47 Å². The van der Waals surface area contributed by atoms with Gasteiger partial charge >= 0.3 is 0 Å². The highest BCUT2D eigenvalue weighted by Crippen LogP contribution is 2.22. The molecule has 2 unspecified atom stereocenters. The standard InChI is InChI=1S/C14H23NO2/c1-4-13(15)14(17-9-8-16-3)12-7-5-6-11(2)10-12/h5-7,10,13-14H,4,8-9,15H2,1-3H3. The van der Waals surface area contributed by atoms with Crippen molar-refractivity contribution >= 4 is 0 Å². The Morgan fingerprint density at radius 3 is 2.65 bits per heavy atom. The average molecular weight is 237 g/mol. The van der Waals surface area contributed by atoms with E-state index in [4.69, 9.17) is 15.2 Å². The summed E-state index contributed by atoms with van der Waals surface area (Å²) in [5.74, 6) is 0. The minimum absolute atomic E-state index is 0.0219. The first-order valence-electron chi connectivity index (χ1n) is 6.11. The molecule has 0 heterocycles. The normalized spacial score (nSPS) is 14.6. The van der Waals surface area contributed by atoms with Crippen molar-refractivity contribution in [3.8, 4) is 0 Å². The molecule has 0 aliphatic carbocycles. The van der Waals surface area contributed by atoms with E-state index in [1.807, 2.05) is 6.07 Å². The van der Waals surface area contributed by atoms with E-state index in [1.54, 1.807) is 7.11 Å². The van der Waals surface area contributed by atoms with Crippen molar-refractivity contribution in [3.63, 3.8) is 0 Å². The van der Waals surface area contributed by atoms with Crippen LogP contribution in [-0.4, -0.2) is 26.4 Å². The van der Waals surface area contributed by atoms with Gasteiger partial charge in [0.2, 0.25) is 0 Å². The molecule has 1 rings (SSSR count). The highest BCUT2D eigenvalue weighted by atomic mass is 16.5. The number of hydrogen-bond acceptors (Lipinski definition) is 3. The van der Waals surface area contributed by atoms with Gasteiger partial charge in [-0.1, -0.05) is 36.8 Å². The van der Waals surface area contributed by atoms with Gasteiger partial charge in [-0.25, -0.2) is 0 Å². The molecule has 96 valence electrons. The fourth-order valence-electron chi connectivity index (χ4n) is 1.79. The van der Waals surface area contributed by atoms with E-state index in [-0.39, 0.29) is 12.1 Å². The maximum atomic E-state index is 6.12.